The normalized spacial score (nSPS) is 15.3. The molecule has 0 atom stereocenters. The van der Waals surface area contributed by atoms with Crippen LogP contribution in [0, 0.1) is 0 Å². The van der Waals surface area contributed by atoms with Crippen LogP contribution >= 0.6 is 0 Å². The second kappa shape index (κ2) is 22.3. The summed E-state index contributed by atoms with van der Waals surface area (Å²) in [6, 6.07) is 25.0. The van der Waals surface area contributed by atoms with Gasteiger partial charge >= 0.3 is 0 Å². The minimum Gasteiger partial charge on any atom is -0.507 e. The Labute approximate surface area is 489 Å². The molecule has 6 N–H and O–H groups in total. The van der Waals surface area contributed by atoms with Gasteiger partial charge in [0.1, 0.15) is 34.5 Å². The molecule has 0 spiro atoms. The number of amides is 2. The second-order valence-electron chi connectivity index (χ2n) is 29.7. The first-order chi connectivity index (χ1) is 37.8. The van der Waals surface area contributed by atoms with Crippen molar-refractivity contribution < 1.29 is 39.5 Å². The number of carbonyl (C=O) groups is 2. The lowest BCUT2D eigenvalue weighted by Crippen LogP contribution is -2.38. The third-order valence-corrected chi connectivity index (χ3v) is 16.5. The van der Waals surface area contributed by atoms with Crippen molar-refractivity contribution in [3.8, 4) is 34.5 Å². The summed E-state index contributed by atoms with van der Waals surface area (Å²) in [5, 5.41) is 57.1. The lowest BCUT2D eigenvalue weighted by atomic mass is 9.79. The Kier molecular flexibility index (Phi) is 16.6. The van der Waals surface area contributed by atoms with E-state index in [1.807, 2.05) is 12.1 Å². The zero-order valence-electron chi connectivity index (χ0n) is 52.4. The van der Waals surface area contributed by atoms with Crippen molar-refractivity contribution in [2.24, 2.45) is 0 Å². The number of nitrogens with one attached hydrogen (secondary N) is 2. The molecule has 6 aromatic rings. The zero-order chi connectivity index (χ0) is 60.4. The summed E-state index contributed by atoms with van der Waals surface area (Å²) in [5.41, 5.74) is 12.2. The minimum atomic E-state index is -0.385. The molecule has 14 bridgehead atoms. The Morgan fingerprint density at radius 2 is 0.451 bits per heavy atom. The molecule has 0 saturated carbocycles. The highest BCUT2D eigenvalue weighted by molar-refractivity contribution is 5.79. The summed E-state index contributed by atoms with van der Waals surface area (Å²) in [6.07, 6.45) is 1.34. The average molecular weight is 1110 g/mol. The van der Waals surface area contributed by atoms with E-state index in [9.17, 15) is 30.0 Å². The van der Waals surface area contributed by atoms with Gasteiger partial charge in [-0.2, -0.15) is 0 Å². The number of aromatic hydroxyl groups is 4. The molecule has 2 aliphatic rings. The van der Waals surface area contributed by atoms with Gasteiger partial charge in [-0.3, -0.25) is 9.59 Å². The van der Waals surface area contributed by atoms with E-state index in [-0.39, 0.29) is 132 Å². The minimum absolute atomic E-state index is 0.0943. The molecule has 438 valence electrons. The van der Waals surface area contributed by atoms with Crippen LogP contribution in [-0.4, -0.2) is 58.5 Å². The molecule has 6 aromatic carbocycles. The van der Waals surface area contributed by atoms with Gasteiger partial charge in [0.05, 0.1) is 0 Å². The van der Waals surface area contributed by atoms with Crippen LogP contribution in [0.3, 0.4) is 0 Å². The van der Waals surface area contributed by atoms with E-state index in [0.717, 1.165) is 55.6 Å². The summed E-state index contributed by atoms with van der Waals surface area (Å²) in [5.74, 6) is 0.583. The van der Waals surface area contributed by atoms with Gasteiger partial charge in [-0.25, -0.2) is 0 Å². The summed E-state index contributed by atoms with van der Waals surface area (Å²) in [4.78, 5) is 27.7. The molecule has 0 unspecified atom stereocenters. The van der Waals surface area contributed by atoms with Crippen molar-refractivity contribution in [1.29, 1.82) is 0 Å². The lowest BCUT2D eigenvalue weighted by Gasteiger charge is -2.28. The maximum absolute atomic E-state index is 13.9. The van der Waals surface area contributed by atoms with Gasteiger partial charge in [0, 0.05) is 51.6 Å². The predicted octanol–water partition coefficient (Wildman–Crippen LogP) is 14.2. The van der Waals surface area contributed by atoms with E-state index < -0.39 is 0 Å². The maximum Gasteiger partial charge on any atom is 0.258 e. The largest absolute Gasteiger partial charge is 0.507 e. The SMILES string of the molecule is CC(C)(C)c1cc2c(O)c(c1)Cc1cc(C(C)(C)C)cc(c1O)Cc1cc(C(C)(C)C)cc3c1OCC(=O)NCCNC(=O)COc1c(cc(C(C)(C)C)cc1Cc1cc(C(C)(C)C)cc(c1O)C3)Cc1cc(C(C)(C)C)cc(c1O)C2. The van der Waals surface area contributed by atoms with Crippen LogP contribution in [0.15, 0.2) is 72.8 Å². The van der Waals surface area contributed by atoms with Crippen LogP contribution in [0.4, 0.5) is 0 Å². The number of benzene rings is 6. The number of phenols is 4. The Bertz CT molecular complexity index is 3240. The molecule has 0 radical (unpaired) electrons. The Hall–Kier alpha value is -6.94. The first-order valence-corrected chi connectivity index (χ1v) is 29.4. The van der Waals surface area contributed by atoms with Crippen LogP contribution in [0.25, 0.3) is 0 Å². The van der Waals surface area contributed by atoms with Gasteiger partial charge in [0.15, 0.2) is 13.2 Å². The summed E-state index contributed by atoms with van der Waals surface area (Å²) < 4.78 is 13.5. The summed E-state index contributed by atoms with van der Waals surface area (Å²) >= 11 is 0. The van der Waals surface area contributed by atoms with Gasteiger partial charge < -0.3 is 40.5 Å². The molecule has 8 rings (SSSR count). The maximum atomic E-state index is 13.9. The highest BCUT2D eigenvalue weighted by atomic mass is 16.5. The van der Waals surface area contributed by atoms with Crippen LogP contribution < -0.4 is 20.1 Å². The first-order valence-electron chi connectivity index (χ1n) is 29.4. The number of rotatable bonds is 0. The van der Waals surface area contributed by atoms with Gasteiger partial charge in [0.2, 0.25) is 0 Å². The van der Waals surface area contributed by atoms with E-state index in [1.54, 1.807) is 0 Å². The molecule has 82 heavy (non-hydrogen) atoms. The van der Waals surface area contributed by atoms with E-state index in [0.29, 0.717) is 56.0 Å². The number of ether oxygens (including phenoxy) is 2. The molecule has 0 saturated heterocycles. The standard InChI is InChI=1S/C72H92N2O8/c1-67(2,3)53-27-41-21-43-29-54(68(4,5)6)31-45(62(43)78)23-49-35-57(71(13,14)15)37-51-25-47-33-56(70(10,11)12)34-48(64(47)80)26-52-38-58(72(16,17)18)36-50(66(52)82-40-60(76)74-20-19-73-59(75)39-81-65(49)51)24-46-32-55(69(7,8)9)30-44(63(46)79)22-42(28-53)61(41)77/h27-38,77-80H,19-26,39-40H2,1-18H3,(H,73,75)(H,74,76). The van der Waals surface area contributed by atoms with Gasteiger partial charge in [-0.1, -0.05) is 197 Å². The molecule has 1 aliphatic heterocycles. The fraction of sp³-hybridized carbons (Fsp3) is 0.472. The summed E-state index contributed by atoms with van der Waals surface area (Å²) in [7, 11) is 0. The van der Waals surface area contributed by atoms with Crippen molar-refractivity contribution in [3.05, 3.63) is 173 Å². The second-order valence-corrected chi connectivity index (χ2v) is 29.7. The number of phenolic OH excluding ortho intramolecular Hbond substituents is 4. The fourth-order valence-electron chi connectivity index (χ4n) is 11.1. The van der Waals surface area contributed by atoms with Crippen LogP contribution in [0.1, 0.15) is 225 Å². The fourth-order valence-corrected chi connectivity index (χ4v) is 11.1. The van der Waals surface area contributed by atoms with Crippen LogP contribution in [0.2, 0.25) is 0 Å². The van der Waals surface area contributed by atoms with Crippen LogP contribution in [-0.2, 0) is 80.6 Å². The smallest absolute Gasteiger partial charge is 0.258 e. The molecule has 2 amide bonds. The van der Waals surface area contributed by atoms with Crippen LogP contribution in [0.5, 0.6) is 34.5 Å². The number of fused-ring (bicyclic) bond motifs is 6. The van der Waals surface area contributed by atoms with E-state index in [2.05, 4.69) is 196 Å². The molecule has 10 nitrogen and oxygen atoms in total. The molecule has 1 heterocycles. The van der Waals surface area contributed by atoms with Gasteiger partial charge in [-0.15, -0.1) is 0 Å². The molecule has 10 heteroatoms. The highest BCUT2D eigenvalue weighted by Crippen LogP contribution is 2.45. The summed E-state index contributed by atoms with van der Waals surface area (Å²) in [6.45, 7) is 38.4. The van der Waals surface area contributed by atoms with Gasteiger partial charge in [-0.05, 0) is 133 Å². The van der Waals surface area contributed by atoms with E-state index in [4.69, 9.17) is 9.47 Å². The van der Waals surface area contributed by atoms with Crippen molar-refractivity contribution in [2.75, 3.05) is 26.3 Å². The topological polar surface area (TPSA) is 158 Å². The van der Waals surface area contributed by atoms with E-state index in [1.165, 1.54) is 0 Å². The first kappa shape index (κ1) is 61.1. The third-order valence-electron chi connectivity index (χ3n) is 16.5. The molecule has 1 aliphatic carbocycles. The Morgan fingerprint density at radius 3 is 0.622 bits per heavy atom. The number of hydrogen-bond acceptors (Lipinski definition) is 8. The van der Waals surface area contributed by atoms with Gasteiger partial charge in [0.25, 0.3) is 11.8 Å². The monoisotopic (exact) mass is 1110 g/mol. The third kappa shape index (κ3) is 13.8. The van der Waals surface area contributed by atoms with Crippen molar-refractivity contribution in [3.63, 3.8) is 0 Å². The molecule has 0 fully saturated rings. The number of hydrogen-bond donors (Lipinski definition) is 6. The Morgan fingerprint density at radius 1 is 0.293 bits per heavy atom. The molecular weight excluding hydrogens is 1020 g/mol. The molecular formula is C72H92N2O8. The zero-order valence-corrected chi connectivity index (χ0v) is 52.4. The van der Waals surface area contributed by atoms with Crippen molar-refractivity contribution >= 4 is 11.8 Å². The van der Waals surface area contributed by atoms with E-state index >= 15 is 0 Å². The lowest BCUT2D eigenvalue weighted by molar-refractivity contribution is -0.124. The molecule has 0 aromatic heterocycles. The van der Waals surface area contributed by atoms with Crippen molar-refractivity contribution in [1.82, 2.24) is 10.6 Å². The average Bonchev–Trinajstić information content (AvgIpc) is 2.07. The highest BCUT2D eigenvalue weighted by Gasteiger charge is 2.31. The Balaban J connectivity index is 1.53. The number of carbonyl (C=O) groups excluding carboxylic acids is 2. The quantitative estimate of drug-likeness (QED) is 0.0876. The predicted molar refractivity (Wildman–Crippen MR) is 331 cm³/mol. The van der Waals surface area contributed by atoms with Crippen molar-refractivity contribution in [2.45, 2.75) is 196 Å².